The number of carboxylic acid groups (broad SMARTS) is 1. The van der Waals surface area contributed by atoms with Gasteiger partial charge in [0.2, 0.25) is 0 Å². The van der Waals surface area contributed by atoms with Crippen LogP contribution < -0.4 is 5.32 Å². The number of hydrogen-bond acceptors (Lipinski definition) is 4. The number of amides is 1. The summed E-state index contributed by atoms with van der Waals surface area (Å²) in [7, 11) is 0. The van der Waals surface area contributed by atoms with Crippen LogP contribution in [0.4, 0.5) is 0 Å². The third-order valence-electron chi connectivity index (χ3n) is 4.57. The number of aromatic nitrogens is 2. The molecule has 0 fully saturated rings. The van der Waals surface area contributed by atoms with E-state index in [1.807, 2.05) is 42.5 Å². The molecule has 0 spiro atoms. The highest BCUT2D eigenvalue weighted by atomic mass is 16.4. The summed E-state index contributed by atoms with van der Waals surface area (Å²) >= 11 is 0. The van der Waals surface area contributed by atoms with Crippen LogP contribution in [0.1, 0.15) is 16.1 Å². The lowest BCUT2D eigenvalue weighted by Gasteiger charge is -2.15. The van der Waals surface area contributed by atoms with Crippen molar-refractivity contribution in [2.24, 2.45) is 0 Å². The lowest BCUT2D eigenvalue weighted by atomic mass is 10.1. The van der Waals surface area contributed by atoms with Crippen molar-refractivity contribution in [1.82, 2.24) is 15.3 Å². The van der Waals surface area contributed by atoms with Crippen LogP contribution in [0.15, 0.2) is 72.9 Å². The van der Waals surface area contributed by atoms with E-state index in [0.717, 1.165) is 10.9 Å². The first-order valence-corrected chi connectivity index (χ1v) is 8.84. The highest BCUT2D eigenvalue weighted by Crippen LogP contribution is 2.17. The zero-order valence-electron chi connectivity index (χ0n) is 14.9. The highest BCUT2D eigenvalue weighted by Gasteiger charge is 2.23. The van der Waals surface area contributed by atoms with Crippen LogP contribution in [-0.2, 0) is 11.2 Å². The van der Waals surface area contributed by atoms with Crippen molar-refractivity contribution < 1.29 is 14.7 Å². The SMILES string of the molecule is O=C(N[C@@H](Cc1ccc2ccccc2n1)C(=O)O)c1ccnc2ccccc12. The summed E-state index contributed by atoms with van der Waals surface area (Å²) in [5.74, 6) is -1.56. The number of hydrogen-bond donors (Lipinski definition) is 2. The molecule has 6 nitrogen and oxygen atoms in total. The third-order valence-corrected chi connectivity index (χ3v) is 4.57. The first-order valence-electron chi connectivity index (χ1n) is 8.84. The molecule has 28 heavy (non-hydrogen) atoms. The highest BCUT2D eigenvalue weighted by molar-refractivity contribution is 6.07. The van der Waals surface area contributed by atoms with Crippen molar-refractivity contribution in [3.8, 4) is 0 Å². The van der Waals surface area contributed by atoms with Gasteiger partial charge in [0.15, 0.2) is 0 Å². The molecule has 0 aliphatic rings. The van der Waals surface area contributed by atoms with Crippen molar-refractivity contribution >= 4 is 33.7 Å². The van der Waals surface area contributed by atoms with Gasteiger partial charge in [-0.15, -0.1) is 0 Å². The molecule has 0 bridgehead atoms. The maximum absolute atomic E-state index is 12.8. The molecule has 2 aromatic carbocycles. The van der Waals surface area contributed by atoms with Gasteiger partial charge in [-0.2, -0.15) is 0 Å². The van der Waals surface area contributed by atoms with Crippen LogP contribution in [0.5, 0.6) is 0 Å². The van der Waals surface area contributed by atoms with Crippen molar-refractivity contribution in [3.05, 3.63) is 84.2 Å². The fourth-order valence-corrected chi connectivity index (χ4v) is 3.16. The molecule has 1 amide bonds. The molecule has 0 unspecified atom stereocenters. The van der Waals surface area contributed by atoms with Gasteiger partial charge in [-0.1, -0.05) is 42.5 Å². The fraction of sp³-hybridized carbons (Fsp3) is 0.0909. The Morgan fingerprint density at radius 1 is 0.929 bits per heavy atom. The lowest BCUT2D eigenvalue weighted by molar-refractivity contribution is -0.139. The zero-order chi connectivity index (χ0) is 19.5. The summed E-state index contributed by atoms with van der Waals surface area (Å²) in [6, 6.07) is 19.0. The molecule has 1 atom stereocenters. The number of carbonyl (C=O) groups excluding carboxylic acids is 1. The Balaban J connectivity index is 1.59. The summed E-state index contributed by atoms with van der Waals surface area (Å²) in [5, 5.41) is 13.9. The molecule has 0 saturated carbocycles. The number of aliphatic carboxylic acids is 1. The molecule has 2 heterocycles. The van der Waals surface area contributed by atoms with Crippen LogP contribution in [-0.4, -0.2) is 33.0 Å². The zero-order valence-corrected chi connectivity index (χ0v) is 14.9. The number of benzene rings is 2. The Bertz CT molecular complexity index is 1180. The third kappa shape index (κ3) is 3.53. The average molecular weight is 371 g/mol. The van der Waals surface area contributed by atoms with E-state index in [2.05, 4.69) is 15.3 Å². The van der Waals surface area contributed by atoms with E-state index in [1.54, 1.807) is 24.3 Å². The number of nitrogens with one attached hydrogen (secondary N) is 1. The summed E-state index contributed by atoms with van der Waals surface area (Å²) < 4.78 is 0. The number of pyridine rings is 2. The van der Waals surface area contributed by atoms with Crippen molar-refractivity contribution in [2.45, 2.75) is 12.5 Å². The van der Waals surface area contributed by atoms with Gasteiger partial charge in [0, 0.05) is 29.1 Å². The number of para-hydroxylation sites is 2. The number of fused-ring (bicyclic) bond motifs is 2. The van der Waals surface area contributed by atoms with Crippen molar-refractivity contribution in [2.75, 3.05) is 0 Å². The summed E-state index contributed by atoms with van der Waals surface area (Å²) in [6.45, 7) is 0. The minimum atomic E-state index is -1.11. The number of rotatable bonds is 5. The van der Waals surface area contributed by atoms with Crippen LogP contribution in [0.2, 0.25) is 0 Å². The topological polar surface area (TPSA) is 92.2 Å². The summed E-state index contributed by atoms with van der Waals surface area (Å²) in [4.78, 5) is 33.2. The van der Waals surface area contributed by atoms with Crippen LogP contribution in [0.3, 0.4) is 0 Å². The maximum Gasteiger partial charge on any atom is 0.326 e. The normalized spacial score (nSPS) is 12.0. The second-order valence-corrected chi connectivity index (χ2v) is 6.44. The average Bonchev–Trinajstić information content (AvgIpc) is 2.72. The summed E-state index contributed by atoms with van der Waals surface area (Å²) in [6.07, 6.45) is 1.63. The van der Waals surface area contributed by atoms with Gasteiger partial charge in [0.1, 0.15) is 6.04 Å². The Labute approximate surface area is 160 Å². The van der Waals surface area contributed by atoms with Gasteiger partial charge in [-0.25, -0.2) is 4.79 Å². The van der Waals surface area contributed by atoms with E-state index in [9.17, 15) is 14.7 Å². The van der Waals surface area contributed by atoms with E-state index in [0.29, 0.717) is 22.2 Å². The fourth-order valence-electron chi connectivity index (χ4n) is 3.16. The van der Waals surface area contributed by atoms with Crippen molar-refractivity contribution in [1.29, 1.82) is 0 Å². The van der Waals surface area contributed by atoms with Gasteiger partial charge in [-0.05, 0) is 24.3 Å². The molecule has 0 aliphatic heterocycles. The summed E-state index contributed by atoms with van der Waals surface area (Å²) in [5.41, 5.74) is 2.46. The van der Waals surface area contributed by atoms with E-state index < -0.39 is 17.9 Å². The second-order valence-electron chi connectivity index (χ2n) is 6.44. The number of carboxylic acids is 1. The minimum Gasteiger partial charge on any atom is -0.480 e. The molecule has 2 N–H and O–H groups in total. The van der Waals surface area contributed by atoms with Gasteiger partial charge in [-0.3, -0.25) is 14.8 Å². The van der Waals surface area contributed by atoms with Crippen LogP contribution >= 0.6 is 0 Å². The molecular weight excluding hydrogens is 354 g/mol. The predicted octanol–water partition coefficient (Wildman–Crippen LogP) is 3.21. The Hall–Kier alpha value is -3.80. The largest absolute Gasteiger partial charge is 0.480 e. The van der Waals surface area contributed by atoms with Gasteiger partial charge in [0.05, 0.1) is 16.6 Å². The quantitative estimate of drug-likeness (QED) is 0.562. The monoisotopic (exact) mass is 371 g/mol. The van der Waals surface area contributed by atoms with Crippen LogP contribution in [0.25, 0.3) is 21.8 Å². The number of carbonyl (C=O) groups is 2. The predicted molar refractivity (Wildman–Crippen MR) is 106 cm³/mol. The second kappa shape index (κ2) is 7.44. The van der Waals surface area contributed by atoms with E-state index in [1.165, 1.54) is 6.20 Å². The number of nitrogens with zero attached hydrogens (tertiary/aromatic N) is 2. The standard InChI is InChI=1S/C22H17N3O3/c26-21(17-11-12-23-19-8-4-2-6-16(17)19)25-20(22(27)28)13-15-10-9-14-5-1-3-7-18(14)24-15/h1-12,20H,13H2,(H,25,26)(H,27,28)/t20-/m0/s1. The lowest BCUT2D eigenvalue weighted by Crippen LogP contribution is -2.42. The molecule has 6 heteroatoms. The first-order chi connectivity index (χ1) is 13.6. The maximum atomic E-state index is 12.8. The molecule has 4 rings (SSSR count). The molecule has 2 aromatic heterocycles. The van der Waals surface area contributed by atoms with Crippen molar-refractivity contribution in [3.63, 3.8) is 0 Å². The molecule has 0 radical (unpaired) electrons. The molecule has 0 saturated heterocycles. The Morgan fingerprint density at radius 2 is 1.68 bits per heavy atom. The van der Waals surface area contributed by atoms with E-state index in [4.69, 9.17) is 0 Å². The smallest absolute Gasteiger partial charge is 0.326 e. The van der Waals surface area contributed by atoms with E-state index >= 15 is 0 Å². The Morgan fingerprint density at radius 3 is 2.50 bits per heavy atom. The van der Waals surface area contributed by atoms with Gasteiger partial charge < -0.3 is 10.4 Å². The van der Waals surface area contributed by atoms with E-state index in [-0.39, 0.29) is 6.42 Å². The van der Waals surface area contributed by atoms with Gasteiger partial charge in [0.25, 0.3) is 5.91 Å². The van der Waals surface area contributed by atoms with Gasteiger partial charge >= 0.3 is 5.97 Å². The molecule has 0 aliphatic carbocycles. The minimum absolute atomic E-state index is 0.0922. The molecule has 4 aromatic rings. The van der Waals surface area contributed by atoms with Crippen LogP contribution in [0, 0.1) is 0 Å². The Kier molecular flexibility index (Phi) is 4.68. The molecule has 138 valence electrons. The molecular formula is C22H17N3O3. The first kappa shape index (κ1) is 17.6.